The summed E-state index contributed by atoms with van der Waals surface area (Å²) in [4.78, 5) is 26.5. The molecule has 1 aromatic heterocycles. The molecule has 1 fully saturated rings. The predicted octanol–water partition coefficient (Wildman–Crippen LogP) is 2.97. The smallest absolute Gasteiger partial charge is 0.308 e. The Bertz CT molecular complexity index is 1200. The Morgan fingerprint density at radius 1 is 1.09 bits per heavy atom. The molecule has 0 amide bonds. The second kappa shape index (κ2) is 11.2. The molecule has 1 aliphatic rings. The van der Waals surface area contributed by atoms with Crippen molar-refractivity contribution in [2.24, 2.45) is 5.10 Å². The lowest BCUT2D eigenvalue weighted by molar-refractivity contribution is -0.132. The Balaban J connectivity index is 1.54. The minimum absolute atomic E-state index is 0.214. The number of anilines is 4. The third-order valence-corrected chi connectivity index (χ3v) is 4.84. The van der Waals surface area contributed by atoms with Crippen LogP contribution >= 0.6 is 0 Å². The summed E-state index contributed by atoms with van der Waals surface area (Å²) in [6.07, 6.45) is 1.55. The standard InChI is InChI=1S/C23H24FN7O4/c1-15(32)35-19-8-3-16(13-20(19)33-2)14-25-30-22-27-21(26-18-6-4-17(24)5-7-18)28-23(29-22)31-9-11-34-12-10-31/h3-8,13-14H,9-12H2,1-2H3,(H2,26,27,28,29,30)/b25-14-. The van der Waals surface area contributed by atoms with Gasteiger partial charge in [0.15, 0.2) is 11.5 Å². The van der Waals surface area contributed by atoms with Gasteiger partial charge in [0, 0.05) is 25.7 Å². The molecule has 3 aromatic rings. The minimum atomic E-state index is -0.442. The van der Waals surface area contributed by atoms with Gasteiger partial charge in [-0.25, -0.2) is 9.82 Å². The number of carbonyl (C=O) groups is 1. The molecule has 2 N–H and O–H groups in total. The van der Waals surface area contributed by atoms with Crippen molar-refractivity contribution in [3.05, 3.63) is 53.8 Å². The number of benzene rings is 2. The van der Waals surface area contributed by atoms with Crippen LogP contribution in [0.5, 0.6) is 11.5 Å². The van der Waals surface area contributed by atoms with Gasteiger partial charge in [0.2, 0.25) is 17.8 Å². The van der Waals surface area contributed by atoms with Gasteiger partial charge in [-0.1, -0.05) is 0 Å². The van der Waals surface area contributed by atoms with Gasteiger partial charge in [-0.05, 0) is 48.0 Å². The van der Waals surface area contributed by atoms with Gasteiger partial charge in [-0.3, -0.25) is 4.79 Å². The molecular formula is C23H24FN7O4. The number of ether oxygens (including phenoxy) is 3. The van der Waals surface area contributed by atoms with Crippen LogP contribution in [0.2, 0.25) is 0 Å². The molecule has 182 valence electrons. The third-order valence-electron chi connectivity index (χ3n) is 4.84. The topological polar surface area (TPSA) is 123 Å². The van der Waals surface area contributed by atoms with Crippen LogP contribution in [-0.4, -0.2) is 60.5 Å². The van der Waals surface area contributed by atoms with Crippen LogP contribution in [0.25, 0.3) is 0 Å². The molecule has 35 heavy (non-hydrogen) atoms. The molecule has 11 nitrogen and oxygen atoms in total. The van der Waals surface area contributed by atoms with Crippen LogP contribution < -0.4 is 25.1 Å². The lowest BCUT2D eigenvalue weighted by atomic mass is 10.2. The number of nitrogens with zero attached hydrogens (tertiary/aromatic N) is 5. The number of nitrogens with one attached hydrogen (secondary N) is 2. The van der Waals surface area contributed by atoms with Crippen molar-refractivity contribution in [1.82, 2.24) is 15.0 Å². The maximum Gasteiger partial charge on any atom is 0.308 e. The van der Waals surface area contributed by atoms with E-state index in [-0.39, 0.29) is 17.7 Å². The molecule has 0 unspecified atom stereocenters. The first-order valence-corrected chi connectivity index (χ1v) is 10.8. The minimum Gasteiger partial charge on any atom is -0.493 e. The van der Waals surface area contributed by atoms with E-state index in [4.69, 9.17) is 14.2 Å². The third kappa shape index (κ3) is 6.60. The largest absolute Gasteiger partial charge is 0.493 e. The lowest BCUT2D eigenvalue weighted by Crippen LogP contribution is -2.37. The summed E-state index contributed by atoms with van der Waals surface area (Å²) in [6, 6.07) is 10.9. The second-order valence-corrected chi connectivity index (χ2v) is 7.39. The van der Waals surface area contributed by atoms with E-state index in [9.17, 15) is 9.18 Å². The molecule has 2 heterocycles. The highest BCUT2D eigenvalue weighted by atomic mass is 19.1. The van der Waals surface area contributed by atoms with Crippen LogP contribution in [0.4, 0.5) is 27.9 Å². The van der Waals surface area contributed by atoms with Crippen molar-refractivity contribution < 1.29 is 23.4 Å². The van der Waals surface area contributed by atoms with E-state index >= 15 is 0 Å². The van der Waals surface area contributed by atoms with Crippen molar-refractivity contribution in [2.75, 3.05) is 49.1 Å². The molecule has 1 saturated heterocycles. The summed E-state index contributed by atoms with van der Waals surface area (Å²) in [5.74, 6) is 0.873. The summed E-state index contributed by atoms with van der Waals surface area (Å²) >= 11 is 0. The highest BCUT2D eigenvalue weighted by Gasteiger charge is 2.17. The van der Waals surface area contributed by atoms with Crippen LogP contribution in [0.1, 0.15) is 12.5 Å². The zero-order valence-corrected chi connectivity index (χ0v) is 19.2. The first-order valence-electron chi connectivity index (χ1n) is 10.8. The zero-order chi connectivity index (χ0) is 24.6. The van der Waals surface area contributed by atoms with E-state index in [0.717, 1.165) is 0 Å². The number of methoxy groups -OCH3 is 1. The fraction of sp³-hybridized carbons (Fsp3) is 0.261. The summed E-state index contributed by atoms with van der Waals surface area (Å²) < 4.78 is 29.1. The van der Waals surface area contributed by atoms with Gasteiger partial charge in [0.25, 0.3) is 0 Å². The molecule has 0 saturated carbocycles. The fourth-order valence-electron chi connectivity index (χ4n) is 3.21. The van der Waals surface area contributed by atoms with Crippen molar-refractivity contribution in [3.63, 3.8) is 0 Å². The van der Waals surface area contributed by atoms with E-state index in [1.54, 1.807) is 36.5 Å². The normalized spacial score (nSPS) is 13.5. The number of hydrogen-bond acceptors (Lipinski definition) is 11. The van der Waals surface area contributed by atoms with Gasteiger partial charge >= 0.3 is 5.97 Å². The lowest BCUT2D eigenvalue weighted by Gasteiger charge is -2.27. The average Bonchev–Trinajstić information content (AvgIpc) is 2.86. The van der Waals surface area contributed by atoms with Crippen LogP contribution in [0.3, 0.4) is 0 Å². The van der Waals surface area contributed by atoms with Crippen LogP contribution in [0.15, 0.2) is 47.6 Å². The zero-order valence-electron chi connectivity index (χ0n) is 19.2. The SMILES string of the molecule is COc1cc(/C=N\Nc2nc(Nc3ccc(F)cc3)nc(N3CCOCC3)n2)ccc1OC(C)=O. The number of carbonyl (C=O) groups excluding carboxylic acids is 1. The Kier molecular flexibility index (Phi) is 7.63. The number of halogens is 1. The number of hydrogen-bond donors (Lipinski definition) is 2. The Morgan fingerprint density at radius 2 is 1.83 bits per heavy atom. The van der Waals surface area contributed by atoms with Gasteiger partial charge in [-0.2, -0.15) is 20.1 Å². The number of esters is 1. The van der Waals surface area contributed by atoms with E-state index in [0.29, 0.717) is 55.0 Å². The maximum atomic E-state index is 13.3. The molecule has 0 aliphatic carbocycles. The quantitative estimate of drug-likeness (QED) is 0.215. The van der Waals surface area contributed by atoms with Crippen molar-refractivity contribution >= 4 is 35.7 Å². The second-order valence-electron chi connectivity index (χ2n) is 7.39. The molecule has 0 spiro atoms. The van der Waals surface area contributed by atoms with Crippen molar-refractivity contribution in [2.45, 2.75) is 6.92 Å². The molecule has 2 aromatic carbocycles. The van der Waals surface area contributed by atoms with E-state index in [2.05, 4.69) is 30.8 Å². The van der Waals surface area contributed by atoms with E-state index < -0.39 is 5.97 Å². The highest BCUT2D eigenvalue weighted by Crippen LogP contribution is 2.27. The van der Waals surface area contributed by atoms with E-state index in [1.165, 1.54) is 26.2 Å². The molecule has 12 heteroatoms. The van der Waals surface area contributed by atoms with Crippen molar-refractivity contribution in [3.8, 4) is 11.5 Å². The molecular weight excluding hydrogens is 457 g/mol. The Hall–Kier alpha value is -4.32. The summed E-state index contributed by atoms with van der Waals surface area (Å²) in [6.45, 7) is 3.73. The van der Waals surface area contributed by atoms with Gasteiger partial charge in [0.1, 0.15) is 5.82 Å². The van der Waals surface area contributed by atoms with Crippen LogP contribution in [0, 0.1) is 5.82 Å². The molecule has 4 rings (SSSR count). The molecule has 0 bridgehead atoms. The Morgan fingerprint density at radius 3 is 2.54 bits per heavy atom. The first-order chi connectivity index (χ1) is 17.0. The summed E-state index contributed by atoms with van der Waals surface area (Å²) in [5, 5.41) is 7.27. The molecule has 1 aliphatic heterocycles. The fourth-order valence-corrected chi connectivity index (χ4v) is 3.21. The summed E-state index contributed by atoms with van der Waals surface area (Å²) in [7, 11) is 1.48. The first kappa shape index (κ1) is 23.8. The Labute approximate surface area is 201 Å². The molecule has 0 radical (unpaired) electrons. The van der Waals surface area contributed by atoms with Gasteiger partial charge in [0.05, 0.1) is 26.5 Å². The number of hydrazone groups is 1. The highest BCUT2D eigenvalue weighted by molar-refractivity contribution is 5.82. The number of morpholine rings is 1. The van der Waals surface area contributed by atoms with E-state index in [1.807, 2.05) is 4.90 Å². The van der Waals surface area contributed by atoms with Gasteiger partial charge in [-0.15, -0.1) is 0 Å². The van der Waals surface area contributed by atoms with Crippen LogP contribution in [-0.2, 0) is 9.53 Å². The average molecular weight is 481 g/mol. The predicted molar refractivity (Wildman–Crippen MR) is 128 cm³/mol. The van der Waals surface area contributed by atoms with Crippen molar-refractivity contribution in [1.29, 1.82) is 0 Å². The summed E-state index contributed by atoms with van der Waals surface area (Å²) in [5.41, 5.74) is 4.13. The number of rotatable bonds is 8. The maximum absolute atomic E-state index is 13.3. The number of aromatic nitrogens is 3. The molecule has 0 atom stereocenters. The monoisotopic (exact) mass is 481 g/mol. The van der Waals surface area contributed by atoms with Gasteiger partial charge < -0.3 is 24.4 Å².